The molecule has 1 amide bonds. The van der Waals surface area contributed by atoms with E-state index in [-0.39, 0.29) is 45.0 Å². The summed E-state index contributed by atoms with van der Waals surface area (Å²) in [6.45, 7) is 2.10. The summed E-state index contributed by atoms with van der Waals surface area (Å²) in [6, 6.07) is 11.2. The zero-order valence-corrected chi connectivity index (χ0v) is 26.0. The molecule has 1 aromatic heterocycles. The van der Waals surface area contributed by atoms with Gasteiger partial charge in [-0.3, -0.25) is 18.8 Å². The largest absolute Gasteiger partial charge is 0.506 e. The van der Waals surface area contributed by atoms with Gasteiger partial charge in [0.1, 0.15) is 22.5 Å². The molecule has 0 spiro atoms. The maximum atomic E-state index is 13.3. The van der Waals surface area contributed by atoms with Crippen LogP contribution in [0, 0.1) is 0 Å². The van der Waals surface area contributed by atoms with Crippen LogP contribution < -0.4 is 5.32 Å². The molecule has 1 heterocycles. The Morgan fingerprint density at radius 3 is 2.37 bits per heavy atom. The fraction of sp³-hybridized carbons (Fsp3) is 0.500. The minimum Gasteiger partial charge on any atom is -0.506 e. The van der Waals surface area contributed by atoms with Crippen molar-refractivity contribution in [2.75, 3.05) is 52.8 Å². The number of hydrogen-bond acceptors (Lipinski definition) is 12. The number of fused-ring (bicyclic) bond motifs is 1. The first-order valence-electron chi connectivity index (χ1n) is 13.5. The average molecular weight is 644 g/mol. The van der Waals surface area contributed by atoms with E-state index in [4.69, 9.17) is 18.5 Å². The van der Waals surface area contributed by atoms with Crippen molar-refractivity contribution in [1.82, 2.24) is 25.2 Å². The second-order valence-corrected chi connectivity index (χ2v) is 12.0. The summed E-state index contributed by atoms with van der Waals surface area (Å²) in [5.74, 6) is -1.23. The van der Waals surface area contributed by atoms with Crippen LogP contribution in [0.5, 0.6) is 5.75 Å². The number of benzene rings is 2. The van der Waals surface area contributed by atoms with Gasteiger partial charge in [-0.25, -0.2) is 0 Å². The summed E-state index contributed by atoms with van der Waals surface area (Å²) in [4.78, 5) is 16.3. The predicted molar refractivity (Wildman–Crippen MR) is 158 cm³/mol. The molecular weight excluding hydrogens is 605 g/mol. The molecule has 0 aliphatic heterocycles. The van der Waals surface area contributed by atoms with Crippen molar-refractivity contribution < 1.29 is 46.0 Å². The monoisotopic (exact) mass is 643 g/mol. The maximum Gasteiger partial charge on any atom is 0.319 e. The lowest BCUT2D eigenvalue weighted by Gasteiger charge is -2.31. The van der Waals surface area contributed by atoms with Crippen LogP contribution in [-0.2, 0) is 44.4 Å². The molecule has 0 aliphatic carbocycles. The Bertz CT molecular complexity index is 1430. The van der Waals surface area contributed by atoms with Gasteiger partial charge in [-0.15, -0.1) is 15.0 Å². The number of carbonyl (C=O) groups is 1. The van der Waals surface area contributed by atoms with Crippen molar-refractivity contribution in [2.45, 2.75) is 32.1 Å². The number of aromatic nitrogens is 3. The predicted octanol–water partition coefficient (Wildman–Crippen LogP) is 1.80. The van der Waals surface area contributed by atoms with Gasteiger partial charge in [0.25, 0.3) is 10.1 Å². The molecule has 2 aromatic carbocycles. The number of nitrogens with zero attached hydrogens (tertiary/aromatic N) is 4. The third-order valence-electron chi connectivity index (χ3n) is 6.45. The second kappa shape index (κ2) is 16.8. The standard InChI is InChI=1S/C26H38N5O10PS/c1-4-40-42(34)41-15-14-30(22(12-16-43(35,36)37)26(33)27-18-25(38-2)39-3)13-11-19-9-10-24(32)23(17-19)31-28-20-7-5-6-8-21(20)29-31/h5-10,17,22,25,32,42H,4,11-16,18H2,1-3H3,(H,27,33)(H,35,36,37). The summed E-state index contributed by atoms with van der Waals surface area (Å²) >= 11 is 0. The number of carbonyl (C=O) groups excluding carboxylic acids is 1. The highest BCUT2D eigenvalue weighted by molar-refractivity contribution is 7.85. The maximum absolute atomic E-state index is 13.3. The van der Waals surface area contributed by atoms with Crippen molar-refractivity contribution in [3.05, 3.63) is 48.0 Å². The Hall–Kier alpha value is -2.95. The van der Waals surface area contributed by atoms with Crippen LogP contribution in [0.15, 0.2) is 42.5 Å². The van der Waals surface area contributed by atoms with E-state index in [0.29, 0.717) is 23.1 Å². The molecular formula is C26H38N5O10PS. The molecule has 43 heavy (non-hydrogen) atoms. The highest BCUT2D eigenvalue weighted by atomic mass is 32.2. The number of phenols is 1. The lowest BCUT2D eigenvalue weighted by atomic mass is 10.1. The third kappa shape index (κ3) is 10.9. The smallest absolute Gasteiger partial charge is 0.319 e. The van der Waals surface area contributed by atoms with Gasteiger partial charge < -0.3 is 28.9 Å². The summed E-state index contributed by atoms with van der Waals surface area (Å²) in [5, 5.41) is 22.1. The van der Waals surface area contributed by atoms with Gasteiger partial charge in [0, 0.05) is 27.3 Å². The first-order chi connectivity index (χ1) is 20.5. The van der Waals surface area contributed by atoms with Crippen LogP contribution in [0.3, 0.4) is 0 Å². The lowest BCUT2D eigenvalue weighted by Crippen LogP contribution is -2.51. The van der Waals surface area contributed by atoms with Crippen LogP contribution in [0.25, 0.3) is 16.7 Å². The number of ether oxygens (including phenoxy) is 2. The van der Waals surface area contributed by atoms with Crippen molar-refractivity contribution in [1.29, 1.82) is 0 Å². The minimum atomic E-state index is -4.38. The molecule has 17 heteroatoms. The summed E-state index contributed by atoms with van der Waals surface area (Å²) in [7, 11) is -4.32. The Morgan fingerprint density at radius 2 is 1.77 bits per heavy atom. The second-order valence-electron chi connectivity index (χ2n) is 9.36. The molecule has 2 unspecified atom stereocenters. The lowest BCUT2D eigenvalue weighted by molar-refractivity contribution is -0.132. The summed E-state index contributed by atoms with van der Waals surface area (Å²) in [6.07, 6.45) is -0.619. The van der Waals surface area contributed by atoms with Gasteiger partial charge in [-0.2, -0.15) is 8.42 Å². The molecule has 0 saturated heterocycles. The number of rotatable bonds is 19. The molecule has 2 atom stereocenters. The van der Waals surface area contributed by atoms with Crippen molar-refractivity contribution in [3.8, 4) is 11.4 Å². The first kappa shape index (κ1) is 34.5. The Kier molecular flexibility index (Phi) is 13.5. The zero-order valence-electron chi connectivity index (χ0n) is 24.2. The van der Waals surface area contributed by atoms with E-state index in [1.807, 2.05) is 12.1 Å². The van der Waals surface area contributed by atoms with Gasteiger partial charge in [-0.05, 0) is 49.6 Å². The highest BCUT2D eigenvalue weighted by Crippen LogP contribution is 2.25. The molecule has 0 aliphatic rings. The average Bonchev–Trinajstić information content (AvgIpc) is 3.40. The van der Waals surface area contributed by atoms with Gasteiger partial charge in [0.2, 0.25) is 5.91 Å². The molecule has 0 saturated carbocycles. The number of amides is 1. The van der Waals surface area contributed by atoms with E-state index in [1.165, 1.54) is 25.1 Å². The molecule has 0 fully saturated rings. The normalized spacial score (nSPS) is 13.5. The van der Waals surface area contributed by atoms with Crippen molar-refractivity contribution >= 4 is 35.3 Å². The molecule has 0 bridgehead atoms. The summed E-state index contributed by atoms with van der Waals surface area (Å²) < 4.78 is 65.1. The van der Waals surface area contributed by atoms with E-state index >= 15 is 0 Å². The van der Waals surface area contributed by atoms with Crippen LogP contribution in [0.1, 0.15) is 18.9 Å². The number of phenolic OH excluding ortho intramolecular Hbond substituents is 1. The zero-order chi connectivity index (χ0) is 31.4. The number of methoxy groups -OCH3 is 2. The van der Waals surface area contributed by atoms with Gasteiger partial charge in [-0.1, -0.05) is 18.2 Å². The number of nitrogens with one attached hydrogen (secondary N) is 1. The number of aromatic hydroxyl groups is 1. The number of hydrogen-bond donors (Lipinski definition) is 3. The van der Waals surface area contributed by atoms with Crippen LogP contribution in [-0.4, -0.2) is 109 Å². The van der Waals surface area contributed by atoms with Gasteiger partial charge >= 0.3 is 8.25 Å². The topological polar surface area (TPSA) is 192 Å². The Balaban J connectivity index is 1.84. The van der Waals surface area contributed by atoms with Crippen LogP contribution >= 0.6 is 8.25 Å². The molecule has 0 radical (unpaired) electrons. The van der Waals surface area contributed by atoms with E-state index < -0.39 is 42.4 Å². The van der Waals surface area contributed by atoms with E-state index in [0.717, 1.165) is 5.56 Å². The SMILES string of the molecule is CCO[PH](=O)OCCN(CCc1ccc(O)c(-n2nc3ccccc3n2)c1)C(CCS(=O)(=O)O)C(=O)NCC(OC)OC. The fourth-order valence-electron chi connectivity index (χ4n) is 4.26. The van der Waals surface area contributed by atoms with Gasteiger partial charge in [0.15, 0.2) is 6.29 Å². The molecule has 3 N–H and O–H groups in total. The Labute approximate surface area is 250 Å². The fourth-order valence-corrected chi connectivity index (χ4v) is 5.36. The van der Waals surface area contributed by atoms with E-state index in [9.17, 15) is 27.4 Å². The van der Waals surface area contributed by atoms with Gasteiger partial charge in [0.05, 0.1) is 31.6 Å². The summed E-state index contributed by atoms with van der Waals surface area (Å²) in [5.41, 5.74) is 2.42. The van der Waals surface area contributed by atoms with Crippen molar-refractivity contribution in [3.63, 3.8) is 0 Å². The van der Waals surface area contributed by atoms with Crippen molar-refractivity contribution in [2.24, 2.45) is 0 Å². The molecule has 3 aromatic rings. The van der Waals surface area contributed by atoms with Crippen LogP contribution in [0.4, 0.5) is 0 Å². The third-order valence-corrected chi connectivity index (χ3v) is 8.17. The quantitative estimate of drug-likeness (QED) is 0.0974. The minimum absolute atomic E-state index is 0.0108. The highest BCUT2D eigenvalue weighted by Gasteiger charge is 2.28. The van der Waals surface area contributed by atoms with E-state index in [2.05, 4.69) is 15.5 Å². The molecule has 238 valence electrons. The molecule has 15 nitrogen and oxygen atoms in total. The first-order valence-corrected chi connectivity index (χ1v) is 16.3. The Morgan fingerprint density at radius 1 is 1.09 bits per heavy atom. The van der Waals surface area contributed by atoms with Crippen LogP contribution in [0.2, 0.25) is 0 Å². The molecule has 3 rings (SSSR count). The van der Waals surface area contributed by atoms with E-state index in [1.54, 1.807) is 36.1 Å².